The molecule has 0 saturated heterocycles. The van der Waals surface area contributed by atoms with Crippen molar-refractivity contribution in [2.45, 2.75) is 0 Å². The molecule has 4 nitrogen and oxygen atoms in total. The Labute approximate surface area is 207 Å². The van der Waals surface area contributed by atoms with E-state index >= 15 is 0 Å². The fourth-order valence-electron chi connectivity index (χ4n) is 3.89. The number of anilines is 2. The van der Waals surface area contributed by atoms with E-state index in [4.69, 9.17) is 24.4 Å². The van der Waals surface area contributed by atoms with Gasteiger partial charge in [-0.2, -0.15) is 0 Å². The van der Waals surface area contributed by atoms with Gasteiger partial charge in [0, 0.05) is 44.8 Å². The van der Waals surface area contributed by atoms with Crippen molar-refractivity contribution in [3.05, 3.63) is 130 Å². The fraction of sp³-hybridized carbons (Fsp3) is 0. The minimum Gasteiger partial charge on any atom is -0.346 e. The van der Waals surface area contributed by atoms with Crippen LogP contribution in [-0.2, 0) is 0 Å². The van der Waals surface area contributed by atoms with Crippen molar-refractivity contribution in [3.8, 4) is 0 Å². The standard InChI is InChI=1S/C28H18N2O2S2/c31-25-22-14-12-20(30-28(34)18-9-5-2-6-10-18)16-24(22)26(32)21-13-11-19(15-23(21)25)29-27(33)17-7-3-1-4-8-17/h1-16H,(H,29,33)(H,30,34). The average Bonchev–Trinajstić information content (AvgIpc) is 2.88. The highest BCUT2D eigenvalue weighted by Gasteiger charge is 2.30. The number of rotatable bonds is 4. The van der Waals surface area contributed by atoms with E-state index in [9.17, 15) is 9.59 Å². The van der Waals surface area contributed by atoms with Crippen molar-refractivity contribution in [1.82, 2.24) is 0 Å². The van der Waals surface area contributed by atoms with Crippen LogP contribution in [0.15, 0.2) is 97.1 Å². The molecule has 1 aliphatic rings. The monoisotopic (exact) mass is 478 g/mol. The maximum atomic E-state index is 13.3. The molecule has 4 aromatic rings. The van der Waals surface area contributed by atoms with Crippen molar-refractivity contribution < 1.29 is 9.59 Å². The van der Waals surface area contributed by atoms with Gasteiger partial charge in [0.2, 0.25) is 0 Å². The number of carbonyl (C=O) groups is 2. The van der Waals surface area contributed by atoms with E-state index in [1.165, 1.54) is 0 Å². The number of nitrogens with one attached hydrogen (secondary N) is 2. The first-order valence-corrected chi connectivity index (χ1v) is 11.4. The van der Waals surface area contributed by atoms with Crippen LogP contribution in [0.5, 0.6) is 0 Å². The van der Waals surface area contributed by atoms with E-state index in [1.807, 2.05) is 60.7 Å². The second-order valence-electron chi connectivity index (χ2n) is 7.82. The van der Waals surface area contributed by atoms with Gasteiger partial charge < -0.3 is 10.6 Å². The zero-order valence-electron chi connectivity index (χ0n) is 17.9. The smallest absolute Gasteiger partial charge is 0.194 e. The van der Waals surface area contributed by atoms with Crippen molar-refractivity contribution >= 4 is 57.4 Å². The van der Waals surface area contributed by atoms with Gasteiger partial charge in [0.15, 0.2) is 11.6 Å². The molecule has 0 atom stereocenters. The normalized spacial score (nSPS) is 11.9. The Hall–Kier alpha value is -4.00. The molecule has 164 valence electrons. The van der Waals surface area contributed by atoms with Gasteiger partial charge in [-0.3, -0.25) is 9.59 Å². The van der Waals surface area contributed by atoms with Gasteiger partial charge in [0.1, 0.15) is 9.98 Å². The zero-order chi connectivity index (χ0) is 23.7. The summed E-state index contributed by atoms with van der Waals surface area (Å²) in [6.45, 7) is 0. The van der Waals surface area contributed by atoms with Crippen LogP contribution in [0.3, 0.4) is 0 Å². The SMILES string of the molecule is O=C1c2ccc(NC(=S)c3ccccc3)cc2C(=O)c2ccc(NC(=S)c3ccccc3)cc21. The molecule has 0 amide bonds. The summed E-state index contributed by atoms with van der Waals surface area (Å²) in [6.07, 6.45) is 0. The second kappa shape index (κ2) is 9.09. The average molecular weight is 479 g/mol. The molecule has 1 aliphatic carbocycles. The van der Waals surface area contributed by atoms with E-state index in [1.54, 1.807) is 36.4 Å². The van der Waals surface area contributed by atoms with Crippen molar-refractivity contribution in [2.75, 3.05) is 10.6 Å². The summed E-state index contributed by atoms with van der Waals surface area (Å²) in [4.78, 5) is 27.6. The lowest BCUT2D eigenvalue weighted by Gasteiger charge is -2.20. The van der Waals surface area contributed by atoms with E-state index in [0.717, 1.165) is 11.1 Å². The molecular weight excluding hydrogens is 460 g/mol. The highest BCUT2D eigenvalue weighted by molar-refractivity contribution is 7.81. The summed E-state index contributed by atoms with van der Waals surface area (Å²) in [5, 5.41) is 6.32. The molecule has 2 N–H and O–H groups in total. The van der Waals surface area contributed by atoms with Gasteiger partial charge in [-0.05, 0) is 36.4 Å². The second-order valence-corrected chi connectivity index (χ2v) is 8.64. The molecule has 0 unspecified atom stereocenters. The minimum absolute atomic E-state index is 0.198. The predicted molar refractivity (Wildman–Crippen MR) is 143 cm³/mol. The van der Waals surface area contributed by atoms with E-state index < -0.39 is 0 Å². The highest BCUT2D eigenvalue weighted by Crippen LogP contribution is 2.31. The number of benzene rings is 4. The lowest BCUT2D eigenvalue weighted by atomic mass is 9.83. The number of thiocarbonyl (C=S) groups is 2. The van der Waals surface area contributed by atoms with Crippen LogP contribution in [0.1, 0.15) is 43.0 Å². The molecule has 0 bridgehead atoms. The molecule has 6 heteroatoms. The number of hydrogen-bond donors (Lipinski definition) is 2. The van der Waals surface area contributed by atoms with Gasteiger partial charge in [-0.25, -0.2) is 0 Å². The Morgan fingerprint density at radius 3 is 1.26 bits per heavy atom. The van der Waals surface area contributed by atoms with Crippen molar-refractivity contribution in [3.63, 3.8) is 0 Å². The molecule has 4 aromatic carbocycles. The lowest BCUT2D eigenvalue weighted by molar-refractivity contribution is 0.0979. The summed E-state index contributed by atoms with van der Waals surface area (Å²) in [6, 6.07) is 29.3. The third kappa shape index (κ3) is 4.17. The minimum atomic E-state index is -0.198. The number of fused-ring (bicyclic) bond motifs is 2. The first kappa shape index (κ1) is 21.8. The molecule has 5 rings (SSSR count). The van der Waals surface area contributed by atoms with E-state index in [2.05, 4.69) is 10.6 Å². The first-order valence-electron chi connectivity index (χ1n) is 10.6. The Balaban J connectivity index is 1.41. The summed E-state index contributed by atoms with van der Waals surface area (Å²) in [7, 11) is 0. The third-order valence-corrected chi connectivity index (χ3v) is 6.28. The van der Waals surface area contributed by atoms with Gasteiger partial charge in [0.05, 0.1) is 0 Å². The summed E-state index contributed by atoms with van der Waals surface area (Å²) < 4.78 is 0. The van der Waals surface area contributed by atoms with Gasteiger partial charge >= 0.3 is 0 Å². The molecule has 0 aromatic heterocycles. The molecule has 0 saturated carbocycles. The fourth-order valence-corrected chi connectivity index (χ4v) is 4.40. The molecule has 0 heterocycles. The molecule has 0 aliphatic heterocycles. The maximum Gasteiger partial charge on any atom is 0.194 e. The Morgan fingerprint density at radius 2 is 0.882 bits per heavy atom. The maximum absolute atomic E-state index is 13.3. The lowest BCUT2D eigenvalue weighted by Crippen LogP contribution is -2.22. The highest BCUT2D eigenvalue weighted by atomic mass is 32.1. The van der Waals surface area contributed by atoms with Gasteiger partial charge in [-0.1, -0.05) is 85.1 Å². The van der Waals surface area contributed by atoms with Crippen LogP contribution in [0.25, 0.3) is 0 Å². The first-order chi connectivity index (χ1) is 16.5. The van der Waals surface area contributed by atoms with E-state index in [0.29, 0.717) is 43.6 Å². The number of carbonyl (C=O) groups excluding carboxylic acids is 2. The third-order valence-electron chi connectivity index (χ3n) is 5.61. The van der Waals surface area contributed by atoms with Crippen LogP contribution >= 0.6 is 24.4 Å². The molecule has 0 spiro atoms. The van der Waals surface area contributed by atoms with Gasteiger partial charge in [0.25, 0.3) is 0 Å². The van der Waals surface area contributed by atoms with Crippen LogP contribution in [0.4, 0.5) is 11.4 Å². The summed E-state index contributed by atoms with van der Waals surface area (Å²) >= 11 is 11.0. The van der Waals surface area contributed by atoms with E-state index in [-0.39, 0.29) is 11.6 Å². The van der Waals surface area contributed by atoms with Crippen molar-refractivity contribution in [2.24, 2.45) is 0 Å². The zero-order valence-corrected chi connectivity index (χ0v) is 19.5. The summed E-state index contributed by atoms with van der Waals surface area (Å²) in [5.41, 5.74) is 4.52. The quantitative estimate of drug-likeness (QED) is 0.307. The number of hydrogen-bond acceptors (Lipinski definition) is 4. The van der Waals surface area contributed by atoms with Crippen LogP contribution in [-0.4, -0.2) is 21.5 Å². The number of ketones is 2. The summed E-state index contributed by atoms with van der Waals surface area (Å²) in [5.74, 6) is -0.396. The predicted octanol–water partition coefficient (Wildman–Crippen LogP) is 6.04. The van der Waals surface area contributed by atoms with Crippen LogP contribution in [0.2, 0.25) is 0 Å². The molecule has 0 fully saturated rings. The largest absolute Gasteiger partial charge is 0.346 e. The molecule has 0 radical (unpaired) electrons. The van der Waals surface area contributed by atoms with Crippen LogP contribution < -0.4 is 10.6 Å². The Morgan fingerprint density at radius 1 is 0.500 bits per heavy atom. The molecular formula is C28H18N2O2S2. The topological polar surface area (TPSA) is 58.2 Å². The van der Waals surface area contributed by atoms with Crippen LogP contribution in [0, 0.1) is 0 Å². The Kier molecular flexibility index (Phi) is 5.84. The van der Waals surface area contributed by atoms with Gasteiger partial charge in [-0.15, -0.1) is 0 Å². The Bertz CT molecular complexity index is 1350. The molecule has 34 heavy (non-hydrogen) atoms. The van der Waals surface area contributed by atoms with Crippen molar-refractivity contribution in [1.29, 1.82) is 0 Å².